The summed E-state index contributed by atoms with van der Waals surface area (Å²) in [6.45, 7) is 1.55. The van der Waals surface area contributed by atoms with E-state index in [1.807, 2.05) is 0 Å². The van der Waals surface area contributed by atoms with E-state index in [0.29, 0.717) is 11.5 Å². The van der Waals surface area contributed by atoms with Crippen LogP contribution in [0.4, 0.5) is 0 Å². The molecular formula is C12H14O5. The van der Waals surface area contributed by atoms with Crippen LogP contribution in [0.5, 0.6) is 11.5 Å². The van der Waals surface area contributed by atoms with Gasteiger partial charge in [-0.05, 0) is 24.6 Å². The maximum absolute atomic E-state index is 11.0. The predicted molar refractivity (Wildman–Crippen MR) is 59.4 cm³/mol. The number of epoxide rings is 1. The predicted octanol–water partition coefficient (Wildman–Crippen LogP) is 1.62. The summed E-state index contributed by atoms with van der Waals surface area (Å²) in [6, 6.07) is 5.25. The van der Waals surface area contributed by atoms with Gasteiger partial charge in [0.05, 0.1) is 14.2 Å². The summed E-state index contributed by atoms with van der Waals surface area (Å²) in [7, 11) is 3.08. The smallest absolute Gasteiger partial charge is 0.338 e. The molecule has 1 aliphatic rings. The Morgan fingerprint density at radius 1 is 1.35 bits per heavy atom. The Bertz CT molecular complexity index is 456. The molecule has 0 radical (unpaired) electrons. The van der Waals surface area contributed by atoms with E-state index in [4.69, 9.17) is 19.3 Å². The quantitative estimate of drug-likeness (QED) is 0.807. The van der Waals surface area contributed by atoms with Gasteiger partial charge in [-0.3, -0.25) is 0 Å². The molecule has 1 aliphatic heterocycles. The van der Waals surface area contributed by atoms with Crippen LogP contribution in [0.15, 0.2) is 18.2 Å². The molecule has 0 amide bonds. The lowest BCUT2D eigenvalue weighted by Gasteiger charge is -2.08. The molecule has 1 N–H and O–H groups in total. The third-order valence-corrected chi connectivity index (χ3v) is 2.94. The second-order valence-corrected chi connectivity index (χ2v) is 4.02. The Hall–Kier alpha value is -1.75. The van der Waals surface area contributed by atoms with E-state index >= 15 is 0 Å². The van der Waals surface area contributed by atoms with Crippen LogP contribution in [0.25, 0.3) is 0 Å². The van der Waals surface area contributed by atoms with E-state index in [-0.39, 0.29) is 0 Å². The number of rotatable bonds is 4. The van der Waals surface area contributed by atoms with E-state index < -0.39 is 17.7 Å². The van der Waals surface area contributed by atoms with E-state index in [0.717, 1.165) is 5.56 Å². The molecular weight excluding hydrogens is 224 g/mol. The summed E-state index contributed by atoms with van der Waals surface area (Å²) in [5.74, 6) is 0.208. The van der Waals surface area contributed by atoms with Gasteiger partial charge in [0, 0.05) is 0 Å². The highest BCUT2D eigenvalue weighted by molar-refractivity contribution is 5.81. The minimum atomic E-state index is -1.13. The van der Waals surface area contributed by atoms with Gasteiger partial charge in [-0.2, -0.15) is 0 Å². The lowest BCUT2D eigenvalue weighted by Crippen LogP contribution is -2.20. The van der Waals surface area contributed by atoms with Crippen molar-refractivity contribution in [1.29, 1.82) is 0 Å². The van der Waals surface area contributed by atoms with Crippen molar-refractivity contribution in [3.8, 4) is 11.5 Å². The molecule has 2 atom stereocenters. The second-order valence-electron chi connectivity index (χ2n) is 4.02. The molecule has 1 aromatic rings. The molecule has 1 aromatic carbocycles. The Balaban J connectivity index is 2.28. The van der Waals surface area contributed by atoms with E-state index in [1.165, 1.54) is 7.11 Å². The van der Waals surface area contributed by atoms with Gasteiger partial charge in [-0.15, -0.1) is 0 Å². The molecule has 1 fully saturated rings. The minimum absolute atomic E-state index is 0.431. The van der Waals surface area contributed by atoms with Crippen molar-refractivity contribution in [2.45, 2.75) is 18.6 Å². The lowest BCUT2D eigenvalue weighted by atomic mass is 10.0. The lowest BCUT2D eigenvalue weighted by molar-refractivity contribution is -0.142. The summed E-state index contributed by atoms with van der Waals surface area (Å²) in [4.78, 5) is 11.0. The minimum Gasteiger partial charge on any atom is -0.493 e. The molecule has 2 rings (SSSR count). The summed E-state index contributed by atoms with van der Waals surface area (Å²) in [6.07, 6.45) is -0.431. The van der Waals surface area contributed by atoms with Crippen LogP contribution in [-0.2, 0) is 9.53 Å². The summed E-state index contributed by atoms with van der Waals surface area (Å²) in [5.41, 5.74) is -0.355. The number of aliphatic carboxylic acids is 1. The SMILES string of the molecule is COc1ccc(C2OC2(C)C(=O)O)cc1OC. The van der Waals surface area contributed by atoms with Gasteiger partial charge in [0.15, 0.2) is 17.1 Å². The number of carboxylic acids is 1. The molecule has 1 saturated heterocycles. The molecule has 92 valence electrons. The molecule has 0 saturated carbocycles. The number of benzene rings is 1. The Labute approximate surface area is 98.9 Å². The van der Waals surface area contributed by atoms with Crippen molar-refractivity contribution in [3.63, 3.8) is 0 Å². The largest absolute Gasteiger partial charge is 0.493 e. The molecule has 0 bridgehead atoms. The number of carbonyl (C=O) groups is 1. The summed E-state index contributed by atoms with van der Waals surface area (Å²) >= 11 is 0. The van der Waals surface area contributed by atoms with Crippen LogP contribution in [0, 0.1) is 0 Å². The average molecular weight is 238 g/mol. The van der Waals surface area contributed by atoms with Crippen molar-refractivity contribution in [2.24, 2.45) is 0 Å². The monoisotopic (exact) mass is 238 g/mol. The maximum atomic E-state index is 11.0. The molecule has 0 aliphatic carbocycles. The van der Waals surface area contributed by atoms with Gasteiger partial charge < -0.3 is 19.3 Å². The highest BCUT2D eigenvalue weighted by Gasteiger charge is 2.60. The number of ether oxygens (including phenoxy) is 3. The standard InChI is InChI=1S/C12H14O5/c1-12(11(13)14)10(17-12)7-4-5-8(15-2)9(6-7)16-3/h4-6,10H,1-3H3,(H,13,14). The van der Waals surface area contributed by atoms with Gasteiger partial charge >= 0.3 is 5.97 Å². The third-order valence-electron chi connectivity index (χ3n) is 2.94. The fourth-order valence-corrected chi connectivity index (χ4v) is 1.78. The van der Waals surface area contributed by atoms with Crippen LogP contribution in [0.2, 0.25) is 0 Å². The van der Waals surface area contributed by atoms with Crippen molar-refractivity contribution >= 4 is 5.97 Å². The maximum Gasteiger partial charge on any atom is 0.338 e. The molecule has 0 aromatic heterocycles. The van der Waals surface area contributed by atoms with Crippen molar-refractivity contribution in [1.82, 2.24) is 0 Å². The molecule has 17 heavy (non-hydrogen) atoms. The molecule has 2 unspecified atom stereocenters. The van der Waals surface area contributed by atoms with Crippen LogP contribution >= 0.6 is 0 Å². The highest BCUT2D eigenvalue weighted by Crippen LogP contribution is 2.50. The molecule has 0 spiro atoms. The number of methoxy groups -OCH3 is 2. The van der Waals surface area contributed by atoms with Crippen LogP contribution in [0.3, 0.4) is 0 Å². The first-order valence-corrected chi connectivity index (χ1v) is 5.16. The van der Waals surface area contributed by atoms with Gasteiger partial charge in [0.2, 0.25) is 0 Å². The summed E-state index contributed by atoms with van der Waals surface area (Å²) in [5, 5.41) is 8.99. The van der Waals surface area contributed by atoms with Crippen molar-refractivity contribution in [3.05, 3.63) is 23.8 Å². The Morgan fingerprint density at radius 2 is 2.00 bits per heavy atom. The Morgan fingerprint density at radius 3 is 2.47 bits per heavy atom. The fraction of sp³-hybridized carbons (Fsp3) is 0.417. The normalized spacial score (nSPS) is 26.4. The zero-order valence-electron chi connectivity index (χ0n) is 9.89. The summed E-state index contributed by atoms with van der Waals surface area (Å²) < 4.78 is 15.5. The molecule has 5 heteroatoms. The van der Waals surface area contributed by atoms with Crippen LogP contribution < -0.4 is 9.47 Å². The van der Waals surface area contributed by atoms with Gasteiger partial charge in [0.25, 0.3) is 0 Å². The number of carboxylic acid groups (broad SMARTS) is 1. The first-order chi connectivity index (χ1) is 8.02. The molecule has 1 heterocycles. The zero-order valence-corrected chi connectivity index (χ0v) is 9.89. The first kappa shape index (κ1) is 11.7. The van der Waals surface area contributed by atoms with Crippen LogP contribution in [0.1, 0.15) is 18.6 Å². The fourth-order valence-electron chi connectivity index (χ4n) is 1.78. The number of hydrogen-bond donors (Lipinski definition) is 1. The molecule has 5 nitrogen and oxygen atoms in total. The van der Waals surface area contributed by atoms with Crippen LogP contribution in [-0.4, -0.2) is 30.9 Å². The van der Waals surface area contributed by atoms with E-state index in [2.05, 4.69) is 0 Å². The number of hydrogen-bond acceptors (Lipinski definition) is 4. The topological polar surface area (TPSA) is 68.3 Å². The first-order valence-electron chi connectivity index (χ1n) is 5.16. The Kier molecular flexibility index (Phi) is 2.71. The van der Waals surface area contributed by atoms with Crippen molar-refractivity contribution in [2.75, 3.05) is 14.2 Å². The zero-order chi connectivity index (χ0) is 12.6. The second kappa shape index (κ2) is 3.92. The van der Waals surface area contributed by atoms with E-state index in [1.54, 1.807) is 32.2 Å². The van der Waals surface area contributed by atoms with Crippen molar-refractivity contribution < 1.29 is 24.1 Å². The van der Waals surface area contributed by atoms with Gasteiger partial charge in [0.1, 0.15) is 6.10 Å². The average Bonchev–Trinajstić information content (AvgIpc) is 3.02. The van der Waals surface area contributed by atoms with Gasteiger partial charge in [-0.25, -0.2) is 4.79 Å². The highest BCUT2D eigenvalue weighted by atomic mass is 16.6. The van der Waals surface area contributed by atoms with E-state index in [9.17, 15) is 4.79 Å². The van der Waals surface area contributed by atoms with Gasteiger partial charge in [-0.1, -0.05) is 6.07 Å². The third kappa shape index (κ3) is 1.82.